The van der Waals surface area contributed by atoms with Crippen LogP contribution in [0.4, 0.5) is 13.2 Å². The van der Waals surface area contributed by atoms with Crippen LogP contribution in [0.3, 0.4) is 0 Å². The lowest BCUT2D eigenvalue weighted by atomic mass is 10.1. The summed E-state index contributed by atoms with van der Waals surface area (Å²) in [6, 6.07) is 0. The molecule has 0 aromatic carbocycles. The van der Waals surface area contributed by atoms with E-state index in [2.05, 4.69) is 16.0 Å². The lowest BCUT2D eigenvalue weighted by molar-refractivity contribution is -0.202. The molecule has 0 rings (SSSR count). The molecule has 0 unspecified atom stereocenters. The Labute approximate surface area is 69.7 Å². The van der Waals surface area contributed by atoms with E-state index in [1.165, 1.54) is 21.1 Å². The minimum absolute atomic E-state index is 0.219. The van der Waals surface area contributed by atoms with Crippen LogP contribution in [-0.4, -0.2) is 39.5 Å². The molecule has 0 atom stereocenters. The maximum Gasteiger partial charge on any atom is 0.421 e. The van der Waals surface area contributed by atoms with Crippen molar-refractivity contribution in [1.29, 1.82) is 0 Å². The minimum Gasteiger partial charge on any atom is -0.316 e. The topological polar surface area (TPSA) is 36.1 Å². The maximum atomic E-state index is 12.4. The lowest BCUT2D eigenvalue weighted by Gasteiger charge is -2.34. The summed E-state index contributed by atoms with van der Waals surface area (Å²) in [5, 5.41) is 6.89. The zero-order valence-electron chi connectivity index (χ0n) is 7.34. The second-order valence-corrected chi connectivity index (χ2v) is 2.43. The number of alkyl halides is 3. The zero-order valence-corrected chi connectivity index (χ0v) is 7.34. The van der Waals surface area contributed by atoms with Gasteiger partial charge in [-0.1, -0.05) is 0 Å². The number of nitrogens with one attached hydrogen (secondary N) is 3. The molecule has 0 fully saturated rings. The van der Waals surface area contributed by atoms with Crippen molar-refractivity contribution in [3.05, 3.63) is 0 Å². The molecular formula is C6H14F3N3. The number of rotatable bonds is 4. The van der Waals surface area contributed by atoms with Gasteiger partial charge in [0.25, 0.3) is 0 Å². The smallest absolute Gasteiger partial charge is 0.316 e. The standard InChI is InChI=1S/C6H14F3N3/c1-10-4-5(11-2,12-3)6(7,8)9/h10-12H,4H2,1-3H3. The SMILES string of the molecule is CNCC(NC)(NC)C(F)(F)F. The Morgan fingerprint density at radius 1 is 1.00 bits per heavy atom. The molecule has 12 heavy (non-hydrogen) atoms. The quantitative estimate of drug-likeness (QED) is 0.535. The first-order valence-corrected chi connectivity index (χ1v) is 3.52. The summed E-state index contributed by atoms with van der Waals surface area (Å²) < 4.78 is 37.2. The summed E-state index contributed by atoms with van der Waals surface area (Å²) >= 11 is 0. The van der Waals surface area contributed by atoms with Crippen molar-refractivity contribution < 1.29 is 13.2 Å². The predicted molar refractivity (Wildman–Crippen MR) is 40.8 cm³/mol. The van der Waals surface area contributed by atoms with E-state index < -0.39 is 11.8 Å². The highest BCUT2D eigenvalue weighted by Crippen LogP contribution is 2.26. The van der Waals surface area contributed by atoms with Gasteiger partial charge in [0.05, 0.1) is 0 Å². The Hall–Kier alpha value is -0.330. The summed E-state index contributed by atoms with van der Waals surface area (Å²) in [7, 11) is 4.00. The largest absolute Gasteiger partial charge is 0.421 e. The maximum absolute atomic E-state index is 12.4. The fourth-order valence-corrected chi connectivity index (χ4v) is 0.951. The molecule has 0 saturated carbocycles. The summed E-state index contributed by atoms with van der Waals surface area (Å²) in [4.78, 5) is 0. The fraction of sp³-hybridized carbons (Fsp3) is 1.00. The van der Waals surface area contributed by atoms with Gasteiger partial charge >= 0.3 is 6.18 Å². The van der Waals surface area contributed by atoms with Gasteiger partial charge in [0.15, 0.2) is 5.66 Å². The molecule has 0 radical (unpaired) electrons. The minimum atomic E-state index is -4.32. The summed E-state index contributed by atoms with van der Waals surface area (Å²) in [5.74, 6) is 0. The molecule has 0 heterocycles. The van der Waals surface area contributed by atoms with E-state index in [-0.39, 0.29) is 6.54 Å². The number of hydrogen-bond donors (Lipinski definition) is 3. The van der Waals surface area contributed by atoms with Gasteiger partial charge in [0.2, 0.25) is 0 Å². The van der Waals surface area contributed by atoms with Crippen LogP contribution < -0.4 is 16.0 Å². The van der Waals surface area contributed by atoms with Crippen molar-refractivity contribution in [2.75, 3.05) is 27.7 Å². The van der Waals surface area contributed by atoms with Gasteiger partial charge in [-0.2, -0.15) is 13.2 Å². The van der Waals surface area contributed by atoms with E-state index in [1.807, 2.05) is 0 Å². The fourth-order valence-electron chi connectivity index (χ4n) is 0.951. The van der Waals surface area contributed by atoms with Gasteiger partial charge in [-0.15, -0.1) is 0 Å². The third kappa shape index (κ3) is 2.09. The first-order valence-electron chi connectivity index (χ1n) is 3.52. The van der Waals surface area contributed by atoms with Gasteiger partial charge < -0.3 is 5.32 Å². The molecule has 0 spiro atoms. The Morgan fingerprint density at radius 3 is 1.50 bits per heavy atom. The van der Waals surface area contributed by atoms with Crippen LogP contribution in [0.5, 0.6) is 0 Å². The van der Waals surface area contributed by atoms with Gasteiger partial charge in [-0.25, -0.2) is 0 Å². The summed E-state index contributed by atoms with van der Waals surface area (Å²) in [6.45, 7) is -0.219. The van der Waals surface area contributed by atoms with Crippen LogP contribution in [0.1, 0.15) is 0 Å². The van der Waals surface area contributed by atoms with Crippen molar-refractivity contribution in [3.8, 4) is 0 Å². The normalized spacial score (nSPS) is 13.5. The van der Waals surface area contributed by atoms with Gasteiger partial charge in [-0.05, 0) is 21.1 Å². The van der Waals surface area contributed by atoms with E-state index in [4.69, 9.17) is 0 Å². The molecule has 3 nitrogen and oxygen atoms in total. The third-order valence-electron chi connectivity index (χ3n) is 1.78. The van der Waals surface area contributed by atoms with Crippen molar-refractivity contribution in [2.45, 2.75) is 11.8 Å². The van der Waals surface area contributed by atoms with Crippen LogP contribution >= 0.6 is 0 Å². The van der Waals surface area contributed by atoms with Gasteiger partial charge in [0, 0.05) is 6.54 Å². The van der Waals surface area contributed by atoms with Crippen molar-refractivity contribution in [3.63, 3.8) is 0 Å². The Morgan fingerprint density at radius 2 is 1.42 bits per heavy atom. The number of hydrogen-bond acceptors (Lipinski definition) is 3. The zero-order chi connectivity index (χ0) is 9.83. The van der Waals surface area contributed by atoms with E-state index >= 15 is 0 Å². The third-order valence-corrected chi connectivity index (χ3v) is 1.78. The number of halogens is 3. The van der Waals surface area contributed by atoms with Crippen LogP contribution in [0.15, 0.2) is 0 Å². The Balaban J connectivity index is 4.57. The van der Waals surface area contributed by atoms with Crippen molar-refractivity contribution in [2.24, 2.45) is 0 Å². The van der Waals surface area contributed by atoms with E-state index in [0.717, 1.165) is 0 Å². The highest BCUT2D eigenvalue weighted by molar-refractivity contribution is 4.92. The van der Waals surface area contributed by atoms with Crippen LogP contribution in [-0.2, 0) is 0 Å². The van der Waals surface area contributed by atoms with E-state index in [9.17, 15) is 13.2 Å². The molecule has 0 aliphatic carbocycles. The highest BCUT2D eigenvalue weighted by Gasteiger charge is 2.52. The summed E-state index contributed by atoms with van der Waals surface area (Å²) in [5.41, 5.74) is -2.04. The molecule has 6 heteroatoms. The second kappa shape index (κ2) is 4.06. The van der Waals surface area contributed by atoms with E-state index in [1.54, 1.807) is 0 Å². The average molecular weight is 185 g/mol. The first-order chi connectivity index (χ1) is 5.43. The van der Waals surface area contributed by atoms with Crippen LogP contribution in [0.25, 0.3) is 0 Å². The highest BCUT2D eigenvalue weighted by atomic mass is 19.4. The molecule has 0 aromatic heterocycles. The lowest BCUT2D eigenvalue weighted by Crippen LogP contribution is -2.68. The monoisotopic (exact) mass is 185 g/mol. The summed E-state index contributed by atoms with van der Waals surface area (Å²) in [6.07, 6.45) is -4.32. The van der Waals surface area contributed by atoms with Gasteiger partial charge in [0.1, 0.15) is 0 Å². The molecule has 0 aliphatic heterocycles. The first kappa shape index (κ1) is 11.7. The van der Waals surface area contributed by atoms with Crippen LogP contribution in [0, 0.1) is 0 Å². The molecule has 3 N–H and O–H groups in total. The molecule has 0 saturated heterocycles. The average Bonchev–Trinajstić information content (AvgIpc) is 1.98. The van der Waals surface area contributed by atoms with Crippen LogP contribution in [0.2, 0.25) is 0 Å². The Bertz CT molecular complexity index is 130. The number of likely N-dealkylation sites (N-methyl/N-ethyl adjacent to an activating group) is 3. The van der Waals surface area contributed by atoms with Gasteiger partial charge in [-0.3, -0.25) is 10.6 Å². The van der Waals surface area contributed by atoms with Crippen molar-refractivity contribution >= 4 is 0 Å². The predicted octanol–water partition coefficient (Wildman–Crippen LogP) is -0.0968. The Kier molecular flexibility index (Phi) is 3.95. The molecule has 0 amide bonds. The molecule has 0 aromatic rings. The second-order valence-electron chi connectivity index (χ2n) is 2.43. The molecule has 0 bridgehead atoms. The van der Waals surface area contributed by atoms with E-state index in [0.29, 0.717) is 0 Å². The van der Waals surface area contributed by atoms with Crippen molar-refractivity contribution in [1.82, 2.24) is 16.0 Å². The molecular weight excluding hydrogens is 171 g/mol. The molecule has 74 valence electrons. The molecule has 0 aliphatic rings.